The second-order valence-electron chi connectivity index (χ2n) is 8.51. The van der Waals surface area contributed by atoms with E-state index in [0.717, 1.165) is 39.0 Å². The maximum Gasteiger partial charge on any atom is 0.410 e. The quantitative estimate of drug-likeness (QED) is 0.802. The fourth-order valence-corrected chi connectivity index (χ4v) is 3.38. The highest BCUT2D eigenvalue weighted by Crippen LogP contribution is 2.22. The van der Waals surface area contributed by atoms with E-state index in [1.54, 1.807) is 0 Å². The zero-order valence-corrected chi connectivity index (χ0v) is 16.5. The lowest BCUT2D eigenvalue weighted by atomic mass is 10.00. The Morgan fingerprint density at radius 1 is 1.16 bits per heavy atom. The van der Waals surface area contributed by atoms with Crippen LogP contribution in [0.1, 0.15) is 53.0 Å². The molecule has 25 heavy (non-hydrogen) atoms. The summed E-state index contributed by atoms with van der Waals surface area (Å²) in [6.07, 6.45) is 1.86. The predicted octanol–water partition coefficient (Wildman–Crippen LogP) is 4.54. The van der Waals surface area contributed by atoms with E-state index in [-0.39, 0.29) is 12.1 Å². The normalized spacial score (nSPS) is 19.8. The molecule has 0 saturated carbocycles. The van der Waals surface area contributed by atoms with E-state index in [1.165, 1.54) is 5.56 Å². The number of nitrogens with zero attached hydrogens (tertiary/aromatic N) is 2. The highest BCUT2D eigenvalue weighted by atomic mass is 16.6. The topological polar surface area (TPSA) is 32.8 Å². The van der Waals surface area contributed by atoms with Crippen LogP contribution in [-0.2, 0) is 11.3 Å². The molecule has 0 radical (unpaired) electrons. The molecular weight excluding hydrogens is 312 g/mol. The van der Waals surface area contributed by atoms with Crippen molar-refractivity contribution in [3.8, 4) is 0 Å². The van der Waals surface area contributed by atoms with Crippen molar-refractivity contribution in [2.24, 2.45) is 5.92 Å². The summed E-state index contributed by atoms with van der Waals surface area (Å²) in [5, 5.41) is 0. The van der Waals surface area contributed by atoms with Crippen molar-refractivity contribution in [1.29, 1.82) is 0 Å². The molecule has 1 aliphatic rings. The molecule has 1 aromatic rings. The first kappa shape index (κ1) is 19.8. The van der Waals surface area contributed by atoms with Crippen molar-refractivity contribution >= 4 is 6.09 Å². The summed E-state index contributed by atoms with van der Waals surface area (Å²) >= 11 is 0. The monoisotopic (exact) mass is 346 g/mol. The van der Waals surface area contributed by atoms with Gasteiger partial charge < -0.3 is 9.64 Å². The fraction of sp³-hybridized carbons (Fsp3) is 0.667. The third-order valence-corrected chi connectivity index (χ3v) is 4.50. The molecular formula is C21H34N2O2. The van der Waals surface area contributed by atoms with Crippen molar-refractivity contribution in [3.05, 3.63) is 35.9 Å². The highest BCUT2D eigenvalue weighted by molar-refractivity contribution is 5.68. The van der Waals surface area contributed by atoms with Gasteiger partial charge in [0.05, 0.1) is 0 Å². The maximum atomic E-state index is 12.7. The number of ether oxygens (including phenoxy) is 1. The van der Waals surface area contributed by atoms with Gasteiger partial charge in [0.2, 0.25) is 0 Å². The van der Waals surface area contributed by atoms with Crippen LogP contribution in [0.3, 0.4) is 0 Å². The summed E-state index contributed by atoms with van der Waals surface area (Å²) in [6.45, 7) is 13.8. The molecule has 0 spiro atoms. The van der Waals surface area contributed by atoms with E-state index in [0.29, 0.717) is 5.92 Å². The second kappa shape index (κ2) is 8.70. The minimum Gasteiger partial charge on any atom is -0.444 e. The highest BCUT2D eigenvalue weighted by Gasteiger charge is 2.31. The molecule has 1 amide bonds. The molecule has 1 aromatic carbocycles. The van der Waals surface area contributed by atoms with Gasteiger partial charge in [-0.05, 0) is 45.1 Å². The number of carbonyl (C=O) groups excluding carboxylic acids is 1. The Labute approximate surface area is 153 Å². The van der Waals surface area contributed by atoms with Gasteiger partial charge in [0.1, 0.15) is 5.60 Å². The molecule has 1 heterocycles. The molecule has 4 nitrogen and oxygen atoms in total. The predicted molar refractivity (Wildman–Crippen MR) is 103 cm³/mol. The minimum absolute atomic E-state index is 0.167. The average Bonchev–Trinajstić information content (AvgIpc) is 2.69. The summed E-state index contributed by atoms with van der Waals surface area (Å²) < 4.78 is 5.67. The van der Waals surface area contributed by atoms with Crippen molar-refractivity contribution in [3.63, 3.8) is 0 Å². The molecule has 1 atom stereocenters. The fourth-order valence-electron chi connectivity index (χ4n) is 3.38. The summed E-state index contributed by atoms with van der Waals surface area (Å²) in [5.74, 6) is 0.565. The molecule has 0 aromatic heterocycles. The Kier molecular flexibility index (Phi) is 6.88. The van der Waals surface area contributed by atoms with E-state index in [2.05, 4.69) is 49.1 Å². The van der Waals surface area contributed by atoms with Gasteiger partial charge in [-0.15, -0.1) is 0 Å². The third-order valence-electron chi connectivity index (χ3n) is 4.50. The number of rotatable bonds is 4. The summed E-state index contributed by atoms with van der Waals surface area (Å²) in [4.78, 5) is 17.1. The molecule has 1 fully saturated rings. The van der Waals surface area contributed by atoms with E-state index in [9.17, 15) is 4.79 Å². The summed E-state index contributed by atoms with van der Waals surface area (Å²) in [6, 6.07) is 10.8. The van der Waals surface area contributed by atoms with Gasteiger partial charge in [-0.3, -0.25) is 4.90 Å². The molecule has 1 aliphatic heterocycles. The molecule has 1 saturated heterocycles. The number of carbonyl (C=O) groups is 1. The molecule has 4 heteroatoms. The van der Waals surface area contributed by atoms with Gasteiger partial charge in [0, 0.05) is 32.2 Å². The van der Waals surface area contributed by atoms with Crippen molar-refractivity contribution in [2.75, 3.05) is 19.6 Å². The first-order valence-corrected chi connectivity index (χ1v) is 9.50. The van der Waals surface area contributed by atoms with Crippen LogP contribution < -0.4 is 0 Å². The average molecular weight is 347 g/mol. The molecule has 1 unspecified atom stereocenters. The third kappa shape index (κ3) is 6.69. The number of hydrogen-bond acceptors (Lipinski definition) is 3. The van der Waals surface area contributed by atoms with Crippen molar-refractivity contribution in [1.82, 2.24) is 9.80 Å². The van der Waals surface area contributed by atoms with Gasteiger partial charge in [-0.2, -0.15) is 0 Å². The van der Waals surface area contributed by atoms with Crippen LogP contribution >= 0.6 is 0 Å². The molecule has 140 valence electrons. The number of hydrogen-bond donors (Lipinski definition) is 0. The summed E-state index contributed by atoms with van der Waals surface area (Å²) in [5.41, 5.74) is 0.879. The van der Waals surface area contributed by atoms with Crippen LogP contribution in [0.15, 0.2) is 30.3 Å². The SMILES string of the molecule is CC(C)CC1CCN(Cc2ccccc2)CCN1C(=O)OC(C)(C)C. The van der Waals surface area contributed by atoms with Crippen LogP contribution in [0.25, 0.3) is 0 Å². The van der Waals surface area contributed by atoms with E-state index < -0.39 is 5.60 Å². The van der Waals surface area contributed by atoms with Gasteiger partial charge in [-0.1, -0.05) is 44.2 Å². The number of benzene rings is 1. The largest absolute Gasteiger partial charge is 0.444 e. The van der Waals surface area contributed by atoms with Crippen LogP contribution in [0, 0.1) is 5.92 Å². The van der Waals surface area contributed by atoms with Gasteiger partial charge in [0.25, 0.3) is 0 Å². The lowest BCUT2D eigenvalue weighted by Gasteiger charge is -2.32. The van der Waals surface area contributed by atoms with E-state index >= 15 is 0 Å². The standard InChI is InChI=1S/C21H34N2O2/c1-17(2)15-19-11-12-22(16-18-9-7-6-8-10-18)13-14-23(19)20(24)25-21(3,4)5/h6-10,17,19H,11-16H2,1-5H3. The zero-order chi connectivity index (χ0) is 18.4. The zero-order valence-electron chi connectivity index (χ0n) is 16.5. The molecule has 0 N–H and O–H groups in total. The first-order chi connectivity index (χ1) is 11.7. The molecule has 0 bridgehead atoms. The van der Waals surface area contributed by atoms with Crippen molar-refractivity contribution < 1.29 is 9.53 Å². The van der Waals surface area contributed by atoms with Gasteiger partial charge >= 0.3 is 6.09 Å². The Morgan fingerprint density at radius 3 is 2.44 bits per heavy atom. The smallest absolute Gasteiger partial charge is 0.410 e. The van der Waals surface area contributed by atoms with Gasteiger partial charge in [0.15, 0.2) is 0 Å². The van der Waals surface area contributed by atoms with Gasteiger partial charge in [-0.25, -0.2) is 4.79 Å². The van der Waals surface area contributed by atoms with Crippen molar-refractivity contribution in [2.45, 2.75) is 65.6 Å². The number of amides is 1. The second-order valence-corrected chi connectivity index (χ2v) is 8.51. The first-order valence-electron chi connectivity index (χ1n) is 9.50. The van der Waals surface area contributed by atoms with Crippen LogP contribution in [0.4, 0.5) is 4.79 Å². The molecule has 0 aliphatic carbocycles. The van der Waals surface area contributed by atoms with E-state index in [1.807, 2.05) is 25.7 Å². The Hall–Kier alpha value is -1.55. The summed E-state index contributed by atoms with van der Waals surface area (Å²) in [7, 11) is 0. The van der Waals surface area contributed by atoms with E-state index in [4.69, 9.17) is 4.74 Å². The molecule has 2 rings (SSSR count). The minimum atomic E-state index is -0.449. The maximum absolute atomic E-state index is 12.7. The lowest BCUT2D eigenvalue weighted by Crippen LogP contribution is -2.44. The van der Waals surface area contributed by atoms with Crippen LogP contribution in [0.2, 0.25) is 0 Å². The van der Waals surface area contributed by atoms with Crippen LogP contribution in [-0.4, -0.2) is 47.2 Å². The Bertz CT molecular complexity index is 537. The van der Waals surface area contributed by atoms with Crippen LogP contribution in [0.5, 0.6) is 0 Å². The lowest BCUT2D eigenvalue weighted by molar-refractivity contribution is 0.0152. The Morgan fingerprint density at radius 2 is 1.84 bits per heavy atom. The Balaban J connectivity index is 2.05.